The first-order chi connectivity index (χ1) is 9.18. The highest BCUT2D eigenvalue weighted by atomic mass is 16.3. The summed E-state index contributed by atoms with van der Waals surface area (Å²) in [5, 5.41) is 18.6. The average molecular weight is 256 g/mol. The largest absolute Gasteiger partial charge is 0.396 e. The molecule has 0 aromatic heterocycles. The van der Waals surface area contributed by atoms with Gasteiger partial charge in [0.15, 0.2) is 0 Å². The predicted octanol–water partition coefficient (Wildman–Crippen LogP) is 2.65. The summed E-state index contributed by atoms with van der Waals surface area (Å²) in [6.07, 6.45) is 3.69. The van der Waals surface area contributed by atoms with Gasteiger partial charge in [-0.15, -0.1) is 0 Å². The molecule has 19 heavy (non-hydrogen) atoms. The summed E-state index contributed by atoms with van der Waals surface area (Å²) in [5.74, 6) is 0. The lowest BCUT2D eigenvalue weighted by molar-refractivity contribution is 0.0725. The molecule has 1 unspecified atom stereocenters. The van der Waals surface area contributed by atoms with Crippen LogP contribution in [0, 0.1) is 16.7 Å². The first-order valence-corrected chi connectivity index (χ1v) is 6.69. The van der Waals surface area contributed by atoms with Gasteiger partial charge in [-0.05, 0) is 18.4 Å². The lowest BCUT2D eigenvalue weighted by Gasteiger charge is -2.41. The molecule has 1 atom stereocenters. The fourth-order valence-corrected chi connectivity index (χ4v) is 2.68. The first kappa shape index (κ1) is 13.6. The van der Waals surface area contributed by atoms with E-state index in [1.807, 2.05) is 30.3 Å². The van der Waals surface area contributed by atoms with E-state index in [0.717, 1.165) is 37.2 Å². The quantitative estimate of drug-likeness (QED) is 0.846. The van der Waals surface area contributed by atoms with Crippen molar-refractivity contribution < 1.29 is 5.11 Å². The second-order valence-corrected chi connectivity index (χ2v) is 5.52. The number of likely N-dealkylation sites (tertiary alicyclic amines) is 1. The van der Waals surface area contributed by atoms with Gasteiger partial charge in [-0.3, -0.25) is 0 Å². The zero-order valence-corrected chi connectivity index (χ0v) is 11.3. The summed E-state index contributed by atoms with van der Waals surface area (Å²) in [5.41, 5.74) is 1.95. The monoisotopic (exact) mass is 256 g/mol. The number of hydrogen-bond acceptors (Lipinski definition) is 3. The van der Waals surface area contributed by atoms with Crippen LogP contribution in [0.4, 0.5) is 0 Å². The van der Waals surface area contributed by atoms with Crippen LogP contribution in [0.1, 0.15) is 25.3 Å². The molecule has 1 aromatic carbocycles. The van der Waals surface area contributed by atoms with E-state index in [1.54, 1.807) is 6.08 Å². The zero-order chi connectivity index (χ0) is 13.7. The number of hydrogen-bond donors (Lipinski definition) is 1. The van der Waals surface area contributed by atoms with Gasteiger partial charge in [-0.1, -0.05) is 37.3 Å². The van der Waals surface area contributed by atoms with Crippen LogP contribution in [-0.4, -0.2) is 29.7 Å². The van der Waals surface area contributed by atoms with Crippen molar-refractivity contribution in [3.63, 3.8) is 0 Å². The highest BCUT2D eigenvalue weighted by Crippen LogP contribution is 2.33. The van der Waals surface area contributed by atoms with Crippen LogP contribution >= 0.6 is 0 Å². The third-order valence-electron chi connectivity index (χ3n) is 3.77. The van der Waals surface area contributed by atoms with Crippen molar-refractivity contribution in [2.45, 2.75) is 19.8 Å². The van der Waals surface area contributed by atoms with Gasteiger partial charge in [-0.2, -0.15) is 5.26 Å². The SMILES string of the molecule is CC1(CO)CCCN(/C(=C/C#N)c2ccccc2)C1. The number of nitriles is 1. The van der Waals surface area contributed by atoms with Crippen LogP contribution in [-0.2, 0) is 0 Å². The van der Waals surface area contributed by atoms with Crippen molar-refractivity contribution in [1.29, 1.82) is 5.26 Å². The fraction of sp³-hybridized carbons (Fsp3) is 0.438. The number of aliphatic hydroxyl groups is 1. The highest BCUT2D eigenvalue weighted by molar-refractivity contribution is 5.66. The molecule has 3 heteroatoms. The van der Waals surface area contributed by atoms with E-state index < -0.39 is 0 Å². The summed E-state index contributed by atoms with van der Waals surface area (Å²) in [7, 11) is 0. The normalized spacial score (nSPS) is 24.1. The van der Waals surface area contributed by atoms with Gasteiger partial charge in [0.2, 0.25) is 0 Å². The first-order valence-electron chi connectivity index (χ1n) is 6.69. The molecule has 0 amide bonds. The van der Waals surface area contributed by atoms with Gasteiger partial charge in [0.1, 0.15) is 0 Å². The summed E-state index contributed by atoms with van der Waals surface area (Å²) in [6, 6.07) is 12.1. The lowest BCUT2D eigenvalue weighted by Crippen LogP contribution is -2.42. The van der Waals surface area contributed by atoms with Crippen LogP contribution in [0.15, 0.2) is 36.4 Å². The molecular weight excluding hydrogens is 236 g/mol. The van der Waals surface area contributed by atoms with E-state index >= 15 is 0 Å². The number of benzene rings is 1. The topological polar surface area (TPSA) is 47.3 Å². The molecule has 1 saturated heterocycles. The van der Waals surface area contributed by atoms with E-state index in [2.05, 4.69) is 17.9 Å². The minimum absolute atomic E-state index is 0.0679. The molecule has 1 N–H and O–H groups in total. The van der Waals surface area contributed by atoms with E-state index in [1.165, 1.54) is 0 Å². The molecule has 0 spiro atoms. The molecule has 0 aliphatic carbocycles. The number of rotatable bonds is 3. The molecular formula is C16H20N2O. The Balaban J connectivity index is 2.27. The van der Waals surface area contributed by atoms with Crippen molar-refractivity contribution in [3.8, 4) is 6.07 Å². The van der Waals surface area contributed by atoms with E-state index in [0.29, 0.717) is 0 Å². The van der Waals surface area contributed by atoms with Crippen LogP contribution in [0.5, 0.6) is 0 Å². The lowest BCUT2D eigenvalue weighted by atomic mass is 9.82. The maximum Gasteiger partial charge on any atom is 0.0934 e. The smallest absolute Gasteiger partial charge is 0.0934 e. The molecule has 1 aromatic rings. The average Bonchev–Trinajstić information content (AvgIpc) is 2.46. The second-order valence-electron chi connectivity index (χ2n) is 5.52. The van der Waals surface area contributed by atoms with Crippen molar-refractivity contribution in [2.24, 2.45) is 5.41 Å². The summed E-state index contributed by atoms with van der Waals surface area (Å²) < 4.78 is 0. The molecule has 0 radical (unpaired) electrons. The van der Waals surface area contributed by atoms with Crippen LogP contribution in [0.3, 0.4) is 0 Å². The zero-order valence-electron chi connectivity index (χ0n) is 11.3. The van der Waals surface area contributed by atoms with Crippen LogP contribution in [0.2, 0.25) is 0 Å². The van der Waals surface area contributed by atoms with Gasteiger partial charge in [0, 0.05) is 24.6 Å². The minimum atomic E-state index is -0.0679. The second kappa shape index (κ2) is 5.90. The van der Waals surface area contributed by atoms with Crippen molar-refractivity contribution in [3.05, 3.63) is 42.0 Å². The number of nitrogens with zero attached hydrogens (tertiary/aromatic N) is 2. The van der Waals surface area contributed by atoms with Crippen molar-refractivity contribution >= 4 is 5.70 Å². The number of piperidine rings is 1. The Bertz CT molecular complexity index is 489. The Labute approximate surface area is 114 Å². The van der Waals surface area contributed by atoms with E-state index in [-0.39, 0.29) is 12.0 Å². The maximum atomic E-state index is 9.54. The third-order valence-corrected chi connectivity index (χ3v) is 3.77. The van der Waals surface area contributed by atoms with E-state index in [4.69, 9.17) is 5.26 Å². The van der Waals surface area contributed by atoms with Gasteiger partial charge >= 0.3 is 0 Å². The Morgan fingerprint density at radius 3 is 2.84 bits per heavy atom. The Hall–Kier alpha value is -1.79. The molecule has 100 valence electrons. The molecule has 1 heterocycles. The maximum absolute atomic E-state index is 9.54. The molecule has 0 bridgehead atoms. The van der Waals surface area contributed by atoms with Crippen LogP contribution < -0.4 is 0 Å². The predicted molar refractivity (Wildman–Crippen MR) is 76.0 cm³/mol. The number of allylic oxidation sites excluding steroid dienone is 1. The number of aliphatic hydroxyl groups excluding tert-OH is 1. The highest BCUT2D eigenvalue weighted by Gasteiger charge is 2.31. The molecule has 3 nitrogen and oxygen atoms in total. The standard InChI is InChI=1S/C16H20N2O/c1-16(13-19)9-5-11-18(12-16)15(8-10-17)14-6-3-2-4-7-14/h2-4,6-8,19H,5,9,11-13H2,1H3/b15-8+. The fourth-order valence-electron chi connectivity index (χ4n) is 2.68. The Morgan fingerprint density at radius 1 is 1.47 bits per heavy atom. The Morgan fingerprint density at radius 2 is 2.21 bits per heavy atom. The summed E-state index contributed by atoms with van der Waals surface area (Å²) in [6.45, 7) is 4.04. The van der Waals surface area contributed by atoms with Crippen LogP contribution in [0.25, 0.3) is 5.70 Å². The van der Waals surface area contributed by atoms with Crippen molar-refractivity contribution in [2.75, 3.05) is 19.7 Å². The minimum Gasteiger partial charge on any atom is -0.396 e. The third kappa shape index (κ3) is 3.15. The molecule has 1 aliphatic heterocycles. The summed E-state index contributed by atoms with van der Waals surface area (Å²) >= 11 is 0. The van der Waals surface area contributed by atoms with Gasteiger partial charge in [-0.25, -0.2) is 0 Å². The molecule has 2 rings (SSSR count). The molecule has 1 fully saturated rings. The van der Waals surface area contributed by atoms with Gasteiger partial charge in [0.25, 0.3) is 0 Å². The molecule has 0 saturated carbocycles. The van der Waals surface area contributed by atoms with Gasteiger partial charge < -0.3 is 10.0 Å². The Kier molecular flexibility index (Phi) is 4.24. The summed E-state index contributed by atoms with van der Waals surface area (Å²) in [4.78, 5) is 2.22. The van der Waals surface area contributed by atoms with Crippen molar-refractivity contribution in [1.82, 2.24) is 4.90 Å². The van der Waals surface area contributed by atoms with E-state index in [9.17, 15) is 5.11 Å². The molecule has 1 aliphatic rings. The van der Waals surface area contributed by atoms with Gasteiger partial charge in [0.05, 0.1) is 18.4 Å².